The van der Waals surface area contributed by atoms with Gasteiger partial charge in [0.05, 0.1) is 12.2 Å². The van der Waals surface area contributed by atoms with Gasteiger partial charge >= 0.3 is 6.09 Å². The fraction of sp³-hybridized carbons (Fsp3) is 0.455. The molecule has 0 unspecified atom stereocenters. The third-order valence-electron chi connectivity index (χ3n) is 4.76. The van der Waals surface area contributed by atoms with Gasteiger partial charge in [0.1, 0.15) is 17.3 Å². The van der Waals surface area contributed by atoms with Gasteiger partial charge in [0.15, 0.2) is 0 Å². The lowest BCUT2D eigenvalue weighted by Crippen LogP contribution is -2.37. The van der Waals surface area contributed by atoms with Crippen molar-refractivity contribution >= 4 is 23.5 Å². The van der Waals surface area contributed by atoms with E-state index >= 15 is 0 Å². The highest BCUT2D eigenvalue weighted by Crippen LogP contribution is 2.19. The zero-order valence-electron chi connectivity index (χ0n) is 17.8. The van der Waals surface area contributed by atoms with Crippen molar-refractivity contribution in [1.82, 2.24) is 14.9 Å². The van der Waals surface area contributed by atoms with E-state index < -0.39 is 0 Å². The van der Waals surface area contributed by atoms with E-state index in [4.69, 9.17) is 10.5 Å². The summed E-state index contributed by atoms with van der Waals surface area (Å²) < 4.78 is 5.44. The standard InChI is InChI=1S/C22H29N5O3/c1-22(2,3)15-30-21(29)27-12-6-11-26(13-14-27)18-9-4-8-17(25-18)19(28)16-7-5-10-24-20(16)23/h4-5,7-10H,6,11-15H2,1-3H3,(H2,23,24). The summed E-state index contributed by atoms with van der Waals surface area (Å²) in [6, 6.07) is 8.67. The van der Waals surface area contributed by atoms with Crippen LogP contribution in [0.15, 0.2) is 36.5 Å². The Hall–Kier alpha value is -3.16. The van der Waals surface area contributed by atoms with Gasteiger partial charge in [0, 0.05) is 32.4 Å². The van der Waals surface area contributed by atoms with Crippen molar-refractivity contribution in [1.29, 1.82) is 0 Å². The number of nitrogens with two attached hydrogens (primary N) is 1. The fourth-order valence-corrected chi connectivity index (χ4v) is 3.17. The lowest BCUT2D eigenvalue weighted by molar-refractivity contribution is 0.0740. The Balaban J connectivity index is 1.67. The fourth-order valence-electron chi connectivity index (χ4n) is 3.17. The van der Waals surface area contributed by atoms with E-state index in [0.29, 0.717) is 43.3 Å². The van der Waals surface area contributed by atoms with E-state index in [1.54, 1.807) is 29.3 Å². The molecular weight excluding hydrogens is 382 g/mol. The number of carbonyl (C=O) groups is 2. The van der Waals surface area contributed by atoms with E-state index in [1.165, 1.54) is 0 Å². The maximum absolute atomic E-state index is 12.8. The second-order valence-corrected chi connectivity index (χ2v) is 8.59. The predicted octanol–water partition coefficient (Wildman–Crippen LogP) is 2.98. The number of anilines is 2. The molecule has 1 amide bonds. The molecule has 2 aromatic rings. The number of carbonyl (C=O) groups excluding carboxylic acids is 2. The Kier molecular flexibility index (Phi) is 6.54. The number of hydrogen-bond donors (Lipinski definition) is 1. The first-order valence-corrected chi connectivity index (χ1v) is 10.1. The maximum atomic E-state index is 12.8. The summed E-state index contributed by atoms with van der Waals surface area (Å²) >= 11 is 0. The minimum atomic E-state index is -0.282. The Labute approximate surface area is 177 Å². The third-order valence-corrected chi connectivity index (χ3v) is 4.76. The highest BCUT2D eigenvalue weighted by Gasteiger charge is 2.23. The SMILES string of the molecule is CC(C)(C)COC(=O)N1CCCN(c2cccc(C(=O)c3cccnc3N)n2)CC1. The van der Waals surface area contributed by atoms with Crippen LogP contribution in [0.3, 0.4) is 0 Å². The summed E-state index contributed by atoms with van der Waals surface area (Å²) in [7, 11) is 0. The van der Waals surface area contributed by atoms with Gasteiger partial charge in [0.25, 0.3) is 0 Å². The highest BCUT2D eigenvalue weighted by molar-refractivity contribution is 6.10. The summed E-state index contributed by atoms with van der Waals surface area (Å²) in [5.41, 5.74) is 6.42. The molecule has 0 atom stereocenters. The molecule has 0 spiro atoms. The number of nitrogen functional groups attached to an aromatic ring is 1. The van der Waals surface area contributed by atoms with Crippen LogP contribution in [0.1, 0.15) is 43.2 Å². The Morgan fingerprint density at radius 1 is 1.10 bits per heavy atom. The van der Waals surface area contributed by atoms with Crippen molar-refractivity contribution in [3.05, 3.63) is 47.8 Å². The number of aromatic nitrogens is 2. The van der Waals surface area contributed by atoms with Gasteiger partial charge in [-0.15, -0.1) is 0 Å². The number of amides is 1. The number of ether oxygens (including phenoxy) is 1. The molecule has 3 heterocycles. The van der Waals surface area contributed by atoms with Crippen LogP contribution in [-0.4, -0.2) is 59.5 Å². The zero-order valence-corrected chi connectivity index (χ0v) is 17.8. The molecule has 1 fully saturated rings. The van der Waals surface area contributed by atoms with Gasteiger partial charge in [-0.1, -0.05) is 26.8 Å². The van der Waals surface area contributed by atoms with Gasteiger partial charge in [-0.25, -0.2) is 14.8 Å². The summed E-state index contributed by atoms with van der Waals surface area (Å²) in [5.74, 6) is 0.631. The Morgan fingerprint density at radius 2 is 1.90 bits per heavy atom. The Bertz CT molecular complexity index is 910. The van der Waals surface area contributed by atoms with Crippen molar-refractivity contribution in [2.24, 2.45) is 5.41 Å². The number of pyridine rings is 2. The van der Waals surface area contributed by atoms with Crippen molar-refractivity contribution in [2.75, 3.05) is 43.4 Å². The summed E-state index contributed by atoms with van der Waals surface area (Å²) in [5, 5.41) is 0. The highest BCUT2D eigenvalue weighted by atomic mass is 16.6. The molecule has 8 heteroatoms. The second kappa shape index (κ2) is 9.11. The van der Waals surface area contributed by atoms with Crippen LogP contribution in [-0.2, 0) is 4.74 Å². The zero-order chi connectivity index (χ0) is 21.7. The van der Waals surface area contributed by atoms with Gasteiger partial charge < -0.3 is 20.3 Å². The molecule has 1 aliphatic heterocycles. The quantitative estimate of drug-likeness (QED) is 0.772. The van der Waals surface area contributed by atoms with Crippen LogP contribution in [0.5, 0.6) is 0 Å². The first-order valence-electron chi connectivity index (χ1n) is 10.1. The molecule has 0 aliphatic carbocycles. The summed E-state index contributed by atoms with van der Waals surface area (Å²) in [4.78, 5) is 37.5. The lowest BCUT2D eigenvalue weighted by Gasteiger charge is -2.24. The van der Waals surface area contributed by atoms with Crippen LogP contribution in [0.4, 0.5) is 16.4 Å². The first kappa shape index (κ1) is 21.5. The molecule has 8 nitrogen and oxygen atoms in total. The van der Waals surface area contributed by atoms with Crippen LogP contribution >= 0.6 is 0 Å². The smallest absolute Gasteiger partial charge is 0.409 e. The number of ketones is 1. The van der Waals surface area contributed by atoms with Crippen LogP contribution in [0, 0.1) is 5.41 Å². The molecule has 1 aliphatic rings. The first-order chi connectivity index (χ1) is 14.2. The summed E-state index contributed by atoms with van der Waals surface area (Å²) in [6.07, 6.45) is 2.06. The molecule has 0 radical (unpaired) electrons. The molecule has 0 aromatic carbocycles. The summed E-state index contributed by atoms with van der Waals surface area (Å²) in [6.45, 7) is 9.00. The van der Waals surface area contributed by atoms with Crippen molar-refractivity contribution in [2.45, 2.75) is 27.2 Å². The Morgan fingerprint density at radius 3 is 2.63 bits per heavy atom. The van der Waals surface area contributed by atoms with Gasteiger partial charge in [-0.05, 0) is 36.1 Å². The van der Waals surface area contributed by atoms with E-state index in [0.717, 1.165) is 13.0 Å². The van der Waals surface area contributed by atoms with E-state index in [2.05, 4.69) is 14.9 Å². The molecule has 2 aromatic heterocycles. The maximum Gasteiger partial charge on any atom is 0.409 e. The molecule has 0 bridgehead atoms. The van der Waals surface area contributed by atoms with Gasteiger partial charge in [-0.3, -0.25) is 4.79 Å². The number of nitrogens with zero attached hydrogens (tertiary/aromatic N) is 4. The molecular formula is C22H29N5O3. The van der Waals surface area contributed by atoms with Gasteiger partial charge in [0.2, 0.25) is 5.78 Å². The average Bonchev–Trinajstić information content (AvgIpc) is 2.98. The minimum Gasteiger partial charge on any atom is -0.449 e. The van der Waals surface area contributed by atoms with E-state index in [-0.39, 0.29) is 23.1 Å². The van der Waals surface area contributed by atoms with Crippen molar-refractivity contribution < 1.29 is 14.3 Å². The minimum absolute atomic E-state index is 0.0674. The van der Waals surface area contributed by atoms with Crippen molar-refractivity contribution in [3.8, 4) is 0 Å². The number of hydrogen-bond acceptors (Lipinski definition) is 7. The van der Waals surface area contributed by atoms with Crippen LogP contribution in [0.2, 0.25) is 0 Å². The predicted molar refractivity (Wildman–Crippen MR) is 116 cm³/mol. The molecule has 3 rings (SSSR count). The molecule has 1 saturated heterocycles. The third kappa shape index (κ3) is 5.46. The molecule has 160 valence electrons. The lowest BCUT2D eigenvalue weighted by atomic mass is 9.99. The molecule has 30 heavy (non-hydrogen) atoms. The average molecular weight is 412 g/mol. The van der Waals surface area contributed by atoms with E-state index in [9.17, 15) is 9.59 Å². The molecule has 0 saturated carbocycles. The van der Waals surface area contributed by atoms with Gasteiger partial charge in [-0.2, -0.15) is 0 Å². The topological polar surface area (TPSA) is 102 Å². The van der Waals surface area contributed by atoms with Crippen molar-refractivity contribution in [3.63, 3.8) is 0 Å². The number of rotatable bonds is 4. The van der Waals surface area contributed by atoms with E-state index in [1.807, 2.05) is 32.9 Å². The molecule has 2 N–H and O–H groups in total. The van der Waals surface area contributed by atoms with Crippen LogP contribution < -0.4 is 10.6 Å². The van der Waals surface area contributed by atoms with Crippen LogP contribution in [0.25, 0.3) is 0 Å². The largest absolute Gasteiger partial charge is 0.449 e. The normalized spacial score (nSPS) is 14.9. The monoisotopic (exact) mass is 411 g/mol. The second-order valence-electron chi connectivity index (χ2n) is 8.59.